The molecular formula is C21H19ClN2O4S. The average molecular weight is 431 g/mol. The number of amides is 2. The van der Waals surface area contributed by atoms with E-state index in [-0.39, 0.29) is 10.7 Å². The molecule has 1 N–H and O–H groups in total. The summed E-state index contributed by atoms with van der Waals surface area (Å²) >= 11 is 11.4. The number of rotatable bonds is 5. The van der Waals surface area contributed by atoms with Crippen molar-refractivity contribution in [2.75, 3.05) is 18.6 Å². The molecule has 3 rings (SSSR count). The molecular weight excluding hydrogens is 412 g/mol. The van der Waals surface area contributed by atoms with E-state index < -0.39 is 11.8 Å². The van der Waals surface area contributed by atoms with Crippen LogP contribution in [0.2, 0.25) is 5.02 Å². The minimum Gasteiger partial charge on any atom is -0.493 e. The van der Waals surface area contributed by atoms with Crippen LogP contribution in [0.15, 0.2) is 42.0 Å². The number of nitrogens with one attached hydrogen (secondary N) is 1. The molecule has 1 heterocycles. The molecule has 0 spiro atoms. The maximum atomic E-state index is 13.1. The van der Waals surface area contributed by atoms with Crippen LogP contribution < -0.4 is 19.7 Å². The van der Waals surface area contributed by atoms with Gasteiger partial charge in [0.1, 0.15) is 5.57 Å². The smallest absolute Gasteiger partial charge is 0.270 e. The maximum absolute atomic E-state index is 13.1. The van der Waals surface area contributed by atoms with Crippen LogP contribution in [0.5, 0.6) is 11.5 Å². The SMILES string of the molecule is CCOc1ccc(/C=C2\C(=O)NC(=S)N(c3cccc(Cl)c3C)C2=O)cc1OC. The number of hydrogen-bond acceptors (Lipinski definition) is 5. The Balaban J connectivity index is 2.03. The van der Waals surface area contributed by atoms with E-state index in [1.54, 1.807) is 43.3 Å². The van der Waals surface area contributed by atoms with Crippen molar-refractivity contribution < 1.29 is 19.1 Å². The minimum atomic E-state index is -0.566. The second-order valence-electron chi connectivity index (χ2n) is 6.19. The van der Waals surface area contributed by atoms with Crippen LogP contribution in [0, 0.1) is 6.92 Å². The van der Waals surface area contributed by atoms with Crippen LogP contribution in [0.1, 0.15) is 18.1 Å². The van der Waals surface area contributed by atoms with E-state index >= 15 is 0 Å². The van der Waals surface area contributed by atoms with E-state index in [0.717, 1.165) is 0 Å². The first-order chi connectivity index (χ1) is 13.9. The largest absolute Gasteiger partial charge is 0.493 e. The van der Waals surface area contributed by atoms with Crippen molar-refractivity contribution in [1.29, 1.82) is 0 Å². The number of carbonyl (C=O) groups is 2. The summed E-state index contributed by atoms with van der Waals surface area (Å²) in [6.07, 6.45) is 1.49. The second kappa shape index (κ2) is 8.63. The molecule has 1 saturated heterocycles. The van der Waals surface area contributed by atoms with Crippen LogP contribution in [-0.2, 0) is 9.59 Å². The molecule has 1 fully saturated rings. The van der Waals surface area contributed by atoms with Crippen molar-refractivity contribution in [2.45, 2.75) is 13.8 Å². The van der Waals surface area contributed by atoms with E-state index in [9.17, 15) is 9.59 Å². The lowest BCUT2D eigenvalue weighted by Crippen LogP contribution is -2.54. The van der Waals surface area contributed by atoms with Crippen molar-refractivity contribution in [3.63, 3.8) is 0 Å². The first kappa shape index (κ1) is 20.8. The third-order valence-electron chi connectivity index (χ3n) is 4.38. The molecule has 6 nitrogen and oxygen atoms in total. The molecule has 150 valence electrons. The summed E-state index contributed by atoms with van der Waals surface area (Å²) in [6, 6.07) is 10.3. The molecule has 0 bridgehead atoms. The Morgan fingerprint density at radius 1 is 1.21 bits per heavy atom. The first-order valence-electron chi connectivity index (χ1n) is 8.84. The van der Waals surface area contributed by atoms with Crippen LogP contribution in [0.3, 0.4) is 0 Å². The molecule has 8 heteroatoms. The zero-order valence-electron chi connectivity index (χ0n) is 16.1. The molecule has 1 aliphatic heterocycles. The fourth-order valence-electron chi connectivity index (χ4n) is 2.93. The van der Waals surface area contributed by atoms with Gasteiger partial charge >= 0.3 is 0 Å². The Bertz CT molecular complexity index is 1040. The monoisotopic (exact) mass is 430 g/mol. The molecule has 0 aromatic heterocycles. The first-order valence-corrected chi connectivity index (χ1v) is 9.63. The highest BCUT2D eigenvalue weighted by Gasteiger charge is 2.35. The summed E-state index contributed by atoms with van der Waals surface area (Å²) in [7, 11) is 1.52. The van der Waals surface area contributed by atoms with Gasteiger partial charge in [0.2, 0.25) is 0 Å². The molecule has 2 aromatic carbocycles. The third kappa shape index (κ3) is 4.11. The number of hydrogen-bond donors (Lipinski definition) is 1. The molecule has 2 aromatic rings. The van der Waals surface area contributed by atoms with Gasteiger partial charge in [0.25, 0.3) is 11.8 Å². The molecule has 29 heavy (non-hydrogen) atoms. The Morgan fingerprint density at radius 3 is 2.66 bits per heavy atom. The number of benzene rings is 2. The van der Waals surface area contributed by atoms with Gasteiger partial charge < -0.3 is 9.47 Å². The fourth-order valence-corrected chi connectivity index (χ4v) is 3.37. The van der Waals surface area contributed by atoms with Gasteiger partial charge in [-0.05, 0) is 67.5 Å². The Labute approximate surface area is 179 Å². The van der Waals surface area contributed by atoms with E-state index in [4.69, 9.17) is 33.3 Å². The Morgan fingerprint density at radius 2 is 1.97 bits per heavy atom. The van der Waals surface area contributed by atoms with Gasteiger partial charge in [-0.15, -0.1) is 0 Å². The molecule has 1 aliphatic rings. The van der Waals surface area contributed by atoms with Gasteiger partial charge in [-0.25, -0.2) is 0 Å². The molecule has 0 aliphatic carbocycles. The highest BCUT2D eigenvalue weighted by Crippen LogP contribution is 2.31. The summed E-state index contributed by atoms with van der Waals surface area (Å²) in [5.74, 6) is -0.0161. The summed E-state index contributed by atoms with van der Waals surface area (Å²) in [6.45, 7) is 4.14. The summed E-state index contributed by atoms with van der Waals surface area (Å²) in [5.41, 5.74) is 1.76. The standard InChI is InChI=1S/C21H19ClN2O4S/c1-4-28-17-9-8-13(11-18(17)27-3)10-14-19(25)23-21(29)24(20(14)26)16-7-5-6-15(22)12(16)2/h5-11H,4H2,1-3H3,(H,23,25,29)/b14-10+. The second-order valence-corrected chi connectivity index (χ2v) is 6.98. The summed E-state index contributed by atoms with van der Waals surface area (Å²) in [4.78, 5) is 26.9. The quantitative estimate of drug-likeness (QED) is 0.443. The van der Waals surface area contributed by atoms with Crippen molar-refractivity contribution in [3.05, 3.63) is 58.1 Å². The molecule has 0 radical (unpaired) electrons. The van der Waals surface area contributed by atoms with E-state index in [1.165, 1.54) is 18.1 Å². The van der Waals surface area contributed by atoms with Crippen molar-refractivity contribution >= 4 is 52.5 Å². The molecule has 0 atom stereocenters. The predicted octanol–water partition coefficient (Wildman–Crippen LogP) is 3.89. The van der Waals surface area contributed by atoms with Gasteiger partial charge in [0, 0.05) is 5.02 Å². The third-order valence-corrected chi connectivity index (χ3v) is 5.07. The van der Waals surface area contributed by atoms with E-state index in [1.807, 2.05) is 6.92 Å². The highest BCUT2D eigenvalue weighted by atomic mass is 35.5. The van der Waals surface area contributed by atoms with Gasteiger partial charge in [0.05, 0.1) is 19.4 Å². The van der Waals surface area contributed by atoms with Gasteiger partial charge in [0.15, 0.2) is 16.6 Å². The van der Waals surface area contributed by atoms with Gasteiger partial charge in [-0.2, -0.15) is 0 Å². The van der Waals surface area contributed by atoms with Crippen molar-refractivity contribution in [2.24, 2.45) is 0 Å². The lowest BCUT2D eigenvalue weighted by atomic mass is 10.1. The van der Waals surface area contributed by atoms with Crippen LogP contribution in [0.25, 0.3) is 6.08 Å². The maximum Gasteiger partial charge on any atom is 0.270 e. The zero-order chi connectivity index (χ0) is 21.1. The van der Waals surface area contributed by atoms with E-state index in [2.05, 4.69) is 5.32 Å². The number of methoxy groups -OCH3 is 1. The van der Waals surface area contributed by atoms with Crippen molar-refractivity contribution in [1.82, 2.24) is 5.32 Å². The predicted molar refractivity (Wildman–Crippen MR) is 117 cm³/mol. The zero-order valence-corrected chi connectivity index (χ0v) is 17.7. The number of thiocarbonyl (C=S) groups is 1. The van der Waals surface area contributed by atoms with Gasteiger partial charge in [-0.3, -0.25) is 19.8 Å². The molecule has 0 unspecified atom stereocenters. The Kier molecular flexibility index (Phi) is 6.20. The lowest BCUT2D eigenvalue weighted by molar-refractivity contribution is -0.122. The molecule has 0 saturated carbocycles. The van der Waals surface area contributed by atoms with E-state index in [0.29, 0.717) is 39.9 Å². The minimum absolute atomic E-state index is 0.00629. The van der Waals surface area contributed by atoms with Crippen LogP contribution in [-0.4, -0.2) is 30.6 Å². The normalized spacial score (nSPS) is 15.5. The number of ether oxygens (including phenoxy) is 2. The number of anilines is 1. The van der Waals surface area contributed by atoms with Crippen LogP contribution in [0.4, 0.5) is 5.69 Å². The summed E-state index contributed by atoms with van der Waals surface area (Å²) in [5, 5.41) is 3.07. The highest BCUT2D eigenvalue weighted by molar-refractivity contribution is 7.80. The topological polar surface area (TPSA) is 67.9 Å². The number of carbonyl (C=O) groups excluding carboxylic acids is 2. The number of nitrogens with zero attached hydrogens (tertiary/aromatic N) is 1. The van der Waals surface area contributed by atoms with Crippen LogP contribution >= 0.6 is 23.8 Å². The van der Waals surface area contributed by atoms with Gasteiger partial charge in [-0.1, -0.05) is 23.7 Å². The average Bonchev–Trinajstić information content (AvgIpc) is 2.69. The molecule has 2 amide bonds. The summed E-state index contributed by atoms with van der Waals surface area (Å²) < 4.78 is 10.8. The Hall–Kier alpha value is -2.90. The number of halogens is 1. The fraction of sp³-hybridized carbons (Fsp3) is 0.190. The van der Waals surface area contributed by atoms with Crippen molar-refractivity contribution in [3.8, 4) is 11.5 Å². The lowest BCUT2D eigenvalue weighted by Gasteiger charge is -2.30.